The Morgan fingerprint density at radius 3 is 2.48 bits per heavy atom. The van der Waals surface area contributed by atoms with Gasteiger partial charge in [-0.2, -0.15) is 0 Å². The summed E-state index contributed by atoms with van der Waals surface area (Å²) >= 11 is 0. The number of Topliss-reactive ketones (excluding diaryl/α,β-unsaturated/α-hetero) is 1. The highest BCUT2D eigenvalue weighted by Gasteiger charge is 2.48. The second-order valence-corrected chi connectivity index (χ2v) is 7.24. The van der Waals surface area contributed by atoms with Crippen molar-refractivity contribution in [2.45, 2.75) is 52.5 Å². The van der Waals surface area contributed by atoms with E-state index in [1.807, 2.05) is 0 Å². The van der Waals surface area contributed by atoms with Crippen molar-refractivity contribution in [3.8, 4) is 0 Å². The highest BCUT2D eigenvalue weighted by molar-refractivity contribution is 5.97. The van der Waals surface area contributed by atoms with E-state index in [0.29, 0.717) is 17.5 Å². The van der Waals surface area contributed by atoms with Gasteiger partial charge in [0, 0.05) is 5.69 Å². The normalized spacial score (nSPS) is 27.7. The molecule has 1 saturated carbocycles. The van der Waals surface area contributed by atoms with Crippen LogP contribution in [0, 0.1) is 17.8 Å². The lowest BCUT2D eigenvalue weighted by atomic mass is 9.63. The molecule has 0 aromatic heterocycles. The van der Waals surface area contributed by atoms with Crippen LogP contribution in [0.1, 0.15) is 57.3 Å². The molecule has 1 aliphatic rings. The minimum absolute atomic E-state index is 0.0999. The summed E-state index contributed by atoms with van der Waals surface area (Å²) in [6, 6.07) is 6.84. The molecular formula is C19H27NO3. The van der Waals surface area contributed by atoms with Crippen LogP contribution < -0.4 is 5.32 Å². The molecule has 0 bridgehead atoms. The van der Waals surface area contributed by atoms with Crippen LogP contribution in [0.3, 0.4) is 0 Å². The highest BCUT2D eigenvalue weighted by Crippen LogP contribution is 2.44. The number of carbonyl (C=O) groups is 2. The quantitative estimate of drug-likeness (QED) is 0.853. The molecule has 2 rings (SSSR count). The summed E-state index contributed by atoms with van der Waals surface area (Å²) in [5, 5.41) is 12.8. The number of para-hydroxylation sites is 1. The minimum atomic E-state index is -0.975. The average Bonchev–Trinajstić information content (AvgIpc) is 2.47. The third-order valence-corrected chi connectivity index (χ3v) is 5.22. The standard InChI is InChI=1S/C19H27NO3/c1-12(2)16-10-9-13(3)11-19(16,14(4)21)20-17-8-6-5-7-15(17)18(22)23/h5-8,12-13,16,20H,9-11H2,1-4H3,(H,22,23). The molecule has 0 saturated heterocycles. The molecule has 1 aromatic rings. The molecule has 0 heterocycles. The first-order valence-electron chi connectivity index (χ1n) is 8.39. The van der Waals surface area contributed by atoms with Crippen molar-refractivity contribution in [3.63, 3.8) is 0 Å². The van der Waals surface area contributed by atoms with Gasteiger partial charge in [0.05, 0.1) is 11.1 Å². The van der Waals surface area contributed by atoms with Gasteiger partial charge >= 0.3 is 5.97 Å². The highest BCUT2D eigenvalue weighted by atomic mass is 16.4. The first-order valence-corrected chi connectivity index (χ1v) is 8.39. The number of carbonyl (C=O) groups excluding carboxylic acids is 1. The van der Waals surface area contributed by atoms with Crippen molar-refractivity contribution >= 4 is 17.4 Å². The zero-order valence-electron chi connectivity index (χ0n) is 14.4. The number of ketones is 1. The summed E-state index contributed by atoms with van der Waals surface area (Å²) in [6.45, 7) is 8.08. The van der Waals surface area contributed by atoms with Gasteiger partial charge in [-0.05, 0) is 49.7 Å². The van der Waals surface area contributed by atoms with Crippen LogP contribution in [0.2, 0.25) is 0 Å². The van der Waals surface area contributed by atoms with Crippen LogP contribution in [0.4, 0.5) is 5.69 Å². The number of nitrogens with one attached hydrogen (secondary N) is 1. The maximum Gasteiger partial charge on any atom is 0.337 e. The summed E-state index contributed by atoms with van der Waals surface area (Å²) < 4.78 is 0. The molecule has 0 spiro atoms. The van der Waals surface area contributed by atoms with Gasteiger partial charge in [-0.15, -0.1) is 0 Å². The maximum absolute atomic E-state index is 12.7. The van der Waals surface area contributed by atoms with Crippen LogP contribution in [-0.2, 0) is 4.79 Å². The minimum Gasteiger partial charge on any atom is -0.478 e. The van der Waals surface area contributed by atoms with Gasteiger partial charge in [-0.3, -0.25) is 4.79 Å². The lowest BCUT2D eigenvalue weighted by molar-refractivity contribution is -0.125. The van der Waals surface area contributed by atoms with E-state index in [9.17, 15) is 14.7 Å². The van der Waals surface area contributed by atoms with Gasteiger partial charge in [-0.1, -0.05) is 39.3 Å². The Morgan fingerprint density at radius 1 is 1.26 bits per heavy atom. The molecule has 2 N–H and O–H groups in total. The molecule has 0 amide bonds. The summed E-state index contributed by atoms with van der Waals surface area (Å²) in [4.78, 5) is 24.1. The van der Waals surface area contributed by atoms with E-state index in [-0.39, 0.29) is 17.3 Å². The van der Waals surface area contributed by atoms with E-state index in [0.717, 1.165) is 19.3 Å². The van der Waals surface area contributed by atoms with E-state index < -0.39 is 11.5 Å². The fourth-order valence-electron chi connectivity index (χ4n) is 4.07. The van der Waals surface area contributed by atoms with E-state index in [1.165, 1.54) is 0 Å². The lowest BCUT2D eigenvalue weighted by Crippen LogP contribution is -2.56. The fraction of sp³-hybridized carbons (Fsp3) is 0.579. The van der Waals surface area contributed by atoms with Crippen LogP contribution in [0.25, 0.3) is 0 Å². The Labute approximate surface area is 138 Å². The molecule has 1 fully saturated rings. The first-order chi connectivity index (χ1) is 10.8. The van der Waals surface area contributed by atoms with Gasteiger partial charge in [0.2, 0.25) is 0 Å². The Bertz CT molecular complexity index is 596. The number of rotatable bonds is 5. The SMILES string of the molecule is CC(=O)C1(Nc2ccccc2C(=O)O)CC(C)CCC1C(C)C. The molecule has 23 heavy (non-hydrogen) atoms. The number of carboxylic acid groups (broad SMARTS) is 1. The second kappa shape index (κ2) is 6.73. The van der Waals surface area contributed by atoms with E-state index in [4.69, 9.17) is 0 Å². The molecule has 1 aromatic carbocycles. The van der Waals surface area contributed by atoms with Crippen molar-refractivity contribution in [1.29, 1.82) is 0 Å². The number of carboxylic acids is 1. The summed E-state index contributed by atoms with van der Waals surface area (Å²) in [7, 11) is 0. The number of hydrogen-bond donors (Lipinski definition) is 2. The van der Waals surface area contributed by atoms with Gasteiger partial charge in [0.15, 0.2) is 5.78 Å². The van der Waals surface area contributed by atoms with E-state index in [1.54, 1.807) is 31.2 Å². The lowest BCUT2D eigenvalue weighted by Gasteiger charge is -2.48. The Hall–Kier alpha value is -1.84. The van der Waals surface area contributed by atoms with Crippen LogP contribution in [0.15, 0.2) is 24.3 Å². The van der Waals surface area contributed by atoms with Crippen LogP contribution in [-0.4, -0.2) is 22.4 Å². The molecule has 4 nitrogen and oxygen atoms in total. The summed E-state index contributed by atoms with van der Waals surface area (Å²) in [6.07, 6.45) is 2.85. The monoisotopic (exact) mass is 317 g/mol. The molecule has 3 atom stereocenters. The van der Waals surface area contributed by atoms with Crippen molar-refractivity contribution in [1.82, 2.24) is 0 Å². The largest absolute Gasteiger partial charge is 0.478 e. The fourth-order valence-corrected chi connectivity index (χ4v) is 4.07. The Kier molecular flexibility index (Phi) is 5.12. The third-order valence-electron chi connectivity index (χ3n) is 5.22. The Morgan fingerprint density at radius 2 is 1.91 bits per heavy atom. The second-order valence-electron chi connectivity index (χ2n) is 7.24. The van der Waals surface area contributed by atoms with Crippen molar-refractivity contribution in [3.05, 3.63) is 29.8 Å². The van der Waals surface area contributed by atoms with Gasteiger partial charge < -0.3 is 10.4 Å². The van der Waals surface area contributed by atoms with Crippen LogP contribution >= 0.6 is 0 Å². The predicted molar refractivity (Wildman–Crippen MR) is 91.8 cm³/mol. The van der Waals surface area contributed by atoms with Crippen molar-refractivity contribution in [2.24, 2.45) is 17.8 Å². The number of aromatic carboxylic acids is 1. The summed E-state index contributed by atoms with van der Waals surface area (Å²) in [5.74, 6) is 0.132. The summed E-state index contributed by atoms with van der Waals surface area (Å²) in [5.41, 5.74) is 0.0704. The number of hydrogen-bond acceptors (Lipinski definition) is 3. The topological polar surface area (TPSA) is 66.4 Å². The molecule has 1 aliphatic carbocycles. The average molecular weight is 317 g/mol. The molecule has 3 unspecified atom stereocenters. The smallest absolute Gasteiger partial charge is 0.337 e. The number of benzene rings is 1. The van der Waals surface area contributed by atoms with Gasteiger partial charge in [0.1, 0.15) is 0 Å². The van der Waals surface area contributed by atoms with E-state index >= 15 is 0 Å². The van der Waals surface area contributed by atoms with Gasteiger partial charge in [0.25, 0.3) is 0 Å². The predicted octanol–water partition coefficient (Wildman–Crippen LogP) is 4.22. The third kappa shape index (κ3) is 3.41. The zero-order valence-corrected chi connectivity index (χ0v) is 14.4. The van der Waals surface area contributed by atoms with E-state index in [2.05, 4.69) is 26.1 Å². The molecule has 126 valence electrons. The zero-order chi connectivity index (χ0) is 17.2. The van der Waals surface area contributed by atoms with Crippen LogP contribution in [0.5, 0.6) is 0 Å². The maximum atomic E-state index is 12.7. The van der Waals surface area contributed by atoms with Crippen molar-refractivity contribution in [2.75, 3.05) is 5.32 Å². The molecule has 0 aliphatic heterocycles. The first kappa shape index (κ1) is 17.5. The molecule has 4 heteroatoms. The number of anilines is 1. The molecule has 0 radical (unpaired) electrons. The van der Waals surface area contributed by atoms with Gasteiger partial charge in [-0.25, -0.2) is 4.79 Å². The van der Waals surface area contributed by atoms with Crippen molar-refractivity contribution < 1.29 is 14.7 Å². The Balaban J connectivity index is 2.48. The molecular weight excluding hydrogens is 290 g/mol.